The molecule has 2 N–H and O–H groups in total. The van der Waals surface area contributed by atoms with Crippen LogP contribution < -0.4 is 5.73 Å². The Morgan fingerprint density at radius 2 is 2.30 bits per heavy atom. The Bertz CT molecular complexity index is 495. The van der Waals surface area contributed by atoms with E-state index in [1.165, 1.54) is 6.42 Å². The van der Waals surface area contributed by atoms with E-state index in [9.17, 15) is 10.1 Å². The van der Waals surface area contributed by atoms with E-state index in [1.54, 1.807) is 6.07 Å². The summed E-state index contributed by atoms with van der Waals surface area (Å²) < 4.78 is 0.732. The van der Waals surface area contributed by atoms with Crippen LogP contribution in [0.3, 0.4) is 0 Å². The second-order valence-corrected chi connectivity index (χ2v) is 6.34. The van der Waals surface area contributed by atoms with Crippen molar-refractivity contribution in [3.05, 3.63) is 38.3 Å². The molecule has 0 amide bonds. The quantitative estimate of drug-likeness (QED) is 0.675. The van der Waals surface area contributed by atoms with Crippen molar-refractivity contribution in [3.63, 3.8) is 0 Å². The summed E-state index contributed by atoms with van der Waals surface area (Å²) in [5, 5.41) is 11.2. The lowest BCUT2D eigenvalue weighted by molar-refractivity contribution is -0.385. The fourth-order valence-corrected chi connectivity index (χ4v) is 3.32. The molecule has 0 bridgehead atoms. The number of hydrogen-bond donors (Lipinski definition) is 1. The molecule has 1 aromatic carbocycles. The average Bonchev–Trinajstić information content (AvgIpc) is 2.41. The van der Waals surface area contributed by atoms with Crippen LogP contribution in [0.5, 0.6) is 0 Å². The number of rotatable bonds is 4. The van der Waals surface area contributed by atoms with E-state index in [-0.39, 0.29) is 10.6 Å². The van der Waals surface area contributed by atoms with Gasteiger partial charge in [-0.3, -0.25) is 15.0 Å². The van der Waals surface area contributed by atoms with Crippen LogP contribution in [-0.2, 0) is 6.54 Å². The van der Waals surface area contributed by atoms with Gasteiger partial charge in [-0.15, -0.1) is 0 Å². The highest BCUT2D eigenvalue weighted by molar-refractivity contribution is 9.10. The van der Waals surface area contributed by atoms with Crippen molar-refractivity contribution in [1.82, 2.24) is 4.90 Å². The van der Waals surface area contributed by atoms with Gasteiger partial charge in [0.25, 0.3) is 5.69 Å². The van der Waals surface area contributed by atoms with Gasteiger partial charge < -0.3 is 5.73 Å². The summed E-state index contributed by atoms with van der Waals surface area (Å²) in [4.78, 5) is 13.1. The predicted molar refractivity (Wildman–Crippen MR) is 82.4 cm³/mol. The van der Waals surface area contributed by atoms with Gasteiger partial charge in [-0.1, -0.05) is 22.9 Å². The number of piperidine rings is 1. The number of hydrogen-bond acceptors (Lipinski definition) is 4. The Morgan fingerprint density at radius 3 is 2.95 bits per heavy atom. The molecule has 6 heteroatoms. The van der Waals surface area contributed by atoms with Crippen molar-refractivity contribution < 1.29 is 4.92 Å². The minimum absolute atomic E-state index is 0.174. The molecular formula is C14H20BrN3O2. The van der Waals surface area contributed by atoms with E-state index in [0.717, 1.165) is 23.0 Å². The van der Waals surface area contributed by atoms with Crippen LogP contribution in [0.1, 0.15) is 25.3 Å². The van der Waals surface area contributed by atoms with Gasteiger partial charge in [-0.2, -0.15) is 0 Å². The second-order valence-electron chi connectivity index (χ2n) is 5.42. The first-order valence-electron chi connectivity index (χ1n) is 6.90. The van der Waals surface area contributed by atoms with Gasteiger partial charge in [0.2, 0.25) is 0 Å². The highest BCUT2D eigenvalue weighted by Crippen LogP contribution is 2.29. The van der Waals surface area contributed by atoms with Gasteiger partial charge in [0.05, 0.1) is 4.92 Å². The fraction of sp³-hybridized carbons (Fsp3) is 0.571. The second kappa shape index (κ2) is 6.65. The number of nitrogens with two attached hydrogens (primary N) is 1. The highest BCUT2D eigenvalue weighted by atomic mass is 79.9. The number of likely N-dealkylation sites (tertiary alicyclic amines) is 1. The van der Waals surface area contributed by atoms with E-state index in [0.29, 0.717) is 25.0 Å². The molecule has 1 aromatic rings. The zero-order valence-corrected chi connectivity index (χ0v) is 13.2. The van der Waals surface area contributed by atoms with Gasteiger partial charge in [0, 0.05) is 35.2 Å². The molecular weight excluding hydrogens is 322 g/mol. The maximum atomic E-state index is 11.2. The summed E-state index contributed by atoms with van der Waals surface area (Å²) >= 11 is 3.29. The summed E-state index contributed by atoms with van der Waals surface area (Å²) in [6.07, 6.45) is 2.31. The lowest BCUT2D eigenvalue weighted by Crippen LogP contribution is -2.48. The Balaban J connectivity index is 2.22. The molecule has 0 saturated carbocycles. The fourth-order valence-electron chi connectivity index (χ4n) is 2.97. The summed E-state index contributed by atoms with van der Waals surface area (Å²) in [6, 6.07) is 5.56. The molecule has 1 heterocycles. The molecule has 110 valence electrons. The molecule has 1 fully saturated rings. The van der Waals surface area contributed by atoms with Crippen LogP contribution in [-0.4, -0.2) is 29.0 Å². The molecule has 0 radical (unpaired) electrons. The highest BCUT2D eigenvalue weighted by Gasteiger charge is 2.28. The number of benzene rings is 1. The van der Waals surface area contributed by atoms with Gasteiger partial charge in [0.15, 0.2) is 0 Å². The van der Waals surface area contributed by atoms with Crippen LogP contribution in [0.4, 0.5) is 5.69 Å². The van der Waals surface area contributed by atoms with Crippen LogP contribution in [0.15, 0.2) is 22.7 Å². The molecule has 1 aliphatic heterocycles. The van der Waals surface area contributed by atoms with Crippen molar-refractivity contribution in [3.8, 4) is 0 Å². The first kappa shape index (κ1) is 15.4. The van der Waals surface area contributed by atoms with Crippen molar-refractivity contribution in [2.75, 3.05) is 13.1 Å². The van der Waals surface area contributed by atoms with Crippen LogP contribution in [0.25, 0.3) is 0 Å². The van der Waals surface area contributed by atoms with Crippen LogP contribution in [0.2, 0.25) is 0 Å². The maximum absolute atomic E-state index is 11.2. The number of nitro benzene ring substituents is 1. The average molecular weight is 342 g/mol. The molecule has 2 atom stereocenters. The summed E-state index contributed by atoms with van der Waals surface area (Å²) in [7, 11) is 0. The Labute approximate surface area is 127 Å². The molecule has 5 nitrogen and oxygen atoms in total. The van der Waals surface area contributed by atoms with Crippen LogP contribution >= 0.6 is 15.9 Å². The predicted octanol–water partition coefficient (Wildman–Crippen LogP) is 2.92. The number of nitrogens with zero attached hydrogens (tertiary/aromatic N) is 2. The van der Waals surface area contributed by atoms with Gasteiger partial charge in [-0.05, 0) is 37.4 Å². The third-order valence-electron chi connectivity index (χ3n) is 4.09. The van der Waals surface area contributed by atoms with Gasteiger partial charge in [0.1, 0.15) is 0 Å². The van der Waals surface area contributed by atoms with E-state index in [4.69, 9.17) is 5.73 Å². The van der Waals surface area contributed by atoms with Crippen molar-refractivity contribution in [1.29, 1.82) is 0 Å². The lowest BCUT2D eigenvalue weighted by Gasteiger charge is -2.39. The third kappa shape index (κ3) is 3.37. The molecule has 1 saturated heterocycles. The van der Waals surface area contributed by atoms with Crippen molar-refractivity contribution in [2.24, 2.45) is 11.7 Å². The van der Waals surface area contributed by atoms with Crippen molar-refractivity contribution in [2.45, 2.75) is 32.4 Å². The van der Waals surface area contributed by atoms with Gasteiger partial charge >= 0.3 is 0 Å². The van der Waals surface area contributed by atoms with E-state index in [2.05, 4.69) is 27.8 Å². The molecule has 20 heavy (non-hydrogen) atoms. The molecule has 2 rings (SSSR count). The van der Waals surface area contributed by atoms with Crippen LogP contribution in [0, 0.1) is 16.0 Å². The molecule has 0 aromatic heterocycles. The summed E-state index contributed by atoms with van der Waals surface area (Å²) in [6.45, 7) is 4.36. The lowest BCUT2D eigenvalue weighted by atomic mass is 9.90. The first-order chi connectivity index (χ1) is 9.52. The Kier molecular flexibility index (Phi) is 5.12. The zero-order valence-electron chi connectivity index (χ0n) is 11.6. The van der Waals surface area contributed by atoms with Gasteiger partial charge in [-0.25, -0.2) is 0 Å². The van der Waals surface area contributed by atoms with E-state index in [1.807, 2.05) is 12.1 Å². The van der Waals surface area contributed by atoms with E-state index < -0.39 is 0 Å². The standard InChI is InChI=1S/C14H20BrN3O2/c1-10-3-2-6-17(14(10)8-16)9-11-4-5-12(15)7-13(11)18(19)20/h4-5,7,10,14H,2-3,6,8-9,16H2,1H3. The number of nitro groups is 1. The molecule has 2 unspecified atom stereocenters. The van der Waals surface area contributed by atoms with E-state index >= 15 is 0 Å². The molecule has 0 aliphatic carbocycles. The summed E-state index contributed by atoms with van der Waals surface area (Å²) in [5.74, 6) is 0.545. The first-order valence-corrected chi connectivity index (χ1v) is 7.69. The zero-order chi connectivity index (χ0) is 14.7. The monoisotopic (exact) mass is 341 g/mol. The molecule has 0 spiro atoms. The smallest absolute Gasteiger partial charge is 0.275 e. The normalized spacial score (nSPS) is 23.8. The minimum atomic E-state index is -0.315. The number of halogens is 1. The topological polar surface area (TPSA) is 72.4 Å². The Morgan fingerprint density at radius 1 is 1.55 bits per heavy atom. The largest absolute Gasteiger partial charge is 0.329 e. The third-order valence-corrected chi connectivity index (χ3v) is 4.58. The summed E-state index contributed by atoms with van der Waals surface area (Å²) in [5.41, 5.74) is 6.81. The Hall–Kier alpha value is -0.980. The maximum Gasteiger partial charge on any atom is 0.275 e. The van der Waals surface area contributed by atoms with Crippen molar-refractivity contribution >= 4 is 21.6 Å². The molecule has 1 aliphatic rings. The SMILES string of the molecule is CC1CCCN(Cc2ccc(Br)cc2[N+](=O)[O-])C1CN. The minimum Gasteiger partial charge on any atom is -0.329 e.